The lowest BCUT2D eigenvalue weighted by Crippen LogP contribution is -2.19. The van der Waals surface area contributed by atoms with Crippen LogP contribution in [0, 0.1) is 29.1 Å². The van der Waals surface area contributed by atoms with E-state index in [0.29, 0.717) is 5.92 Å². The molecule has 0 aromatic heterocycles. The Morgan fingerprint density at radius 2 is 2.08 bits per heavy atom. The smallest absolute Gasteiger partial charge is 0.153 e. The van der Waals surface area contributed by atoms with E-state index in [0.717, 1.165) is 12.8 Å². The molecule has 12 heavy (non-hydrogen) atoms. The predicted octanol–water partition coefficient (Wildman–Crippen LogP) is 1.91. The van der Waals surface area contributed by atoms with Crippen LogP contribution >= 0.6 is 0 Å². The van der Waals surface area contributed by atoms with Crippen molar-refractivity contribution in [2.45, 2.75) is 32.1 Å². The van der Waals surface area contributed by atoms with Crippen LogP contribution in [0.25, 0.3) is 0 Å². The molecule has 2 heteroatoms. The van der Waals surface area contributed by atoms with E-state index in [4.69, 9.17) is 5.26 Å². The van der Waals surface area contributed by atoms with E-state index in [1.165, 1.54) is 19.3 Å². The van der Waals surface area contributed by atoms with Crippen molar-refractivity contribution in [3.63, 3.8) is 0 Å². The summed E-state index contributed by atoms with van der Waals surface area (Å²) in [6, 6.07) is 2.12. The van der Waals surface area contributed by atoms with Crippen molar-refractivity contribution in [3.8, 4) is 6.07 Å². The number of fused-ring (bicyclic) bond motifs is 1. The minimum Gasteiger partial charge on any atom is -0.298 e. The molecule has 0 radical (unpaired) electrons. The Morgan fingerprint density at radius 1 is 1.33 bits per heavy atom. The zero-order valence-corrected chi connectivity index (χ0v) is 7.12. The second kappa shape index (κ2) is 2.90. The highest BCUT2D eigenvalue weighted by Gasteiger charge is 2.42. The van der Waals surface area contributed by atoms with Crippen LogP contribution in [-0.4, -0.2) is 5.78 Å². The molecule has 2 fully saturated rings. The van der Waals surface area contributed by atoms with Crippen molar-refractivity contribution < 1.29 is 4.79 Å². The summed E-state index contributed by atoms with van der Waals surface area (Å²) in [5.74, 6) is 0.777. The Morgan fingerprint density at radius 3 is 2.75 bits per heavy atom. The minimum atomic E-state index is -0.266. The monoisotopic (exact) mass is 163 g/mol. The van der Waals surface area contributed by atoms with E-state index in [-0.39, 0.29) is 17.6 Å². The number of ketones is 1. The molecule has 2 aliphatic carbocycles. The van der Waals surface area contributed by atoms with Gasteiger partial charge in [0.1, 0.15) is 5.92 Å². The molecule has 2 aliphatic rings. The van der Waals surface area contributed by atoms with Crippen LogP contribution in [0.1, 0.15) is 32.1 Å². The van der Waals surface area contributed by atoms with Gasteiger partial charge in [-0.05, 0) is 25.2 Å². The third-order valence-corrected chi connectivity index (χ3v) is 3.31. The normalized spacial score (nSPS) is 40.6. The van der Waals surface area contributed by atoms with Gasteiger partial charge in [0.15, 0.2) is 5.78 Å². The van der Waals surface area contributed by atoms with E-state index < -0.39 is 0 Å². The predicted molar refractivity (Wildman–Crippen MR) is 44.2 cm³/mol. The van der Waals surface area contributed by atoms with Gasteiger partial charge in [0.2, 0.25) is 0 Å². The van der Waals surface area contributed by atoms with Gasteiger partial charge in [-0.2, -0.15) is 5.26 Å². The van der Waals surface area contributed by atoms with Crippen LogP contribution in [0.4, 0.5) is 0 Å². The maximum atomic E-state index is 11.5. The van der Waals surface area contributed by atoms with Gasteiger partial charge in [0.05, 0.1) is 6.07 Å². The zero-order valence-electron chi connectivity index (χ0n) is 7.12. The van der Waals surface area contributed by atoms with Crippen LogP contribution in [0.5, 0.6) is 0 Å². The first-order valence-electron chi connectivity index (χ1n) is 4.76. The minimum absolute atomic E-state index is 0.238. The van der Waals surface area contributed by atoms with Crippen LogP contribution < -0.4 is 0 Å². The van der Waals surface area contributed by atoms with Crippen LogP contribution in [0.2, 0.25) is 0 Å². The molecule has 0 aliphatic heterocycles. The number of nitriles is 1. The number of rotatable bonds is 0. The highest BCUT2D eigenvalue weighted by molar-refractivity contribution is 5.88. The van der Waals surface area contributed by atoms with E-state index in [2.05, 4.69) is 6.07 Å². The summed E-state index contributed by atoms with van der Waals surface area (Å²) in [6.07, 6.45) is 5.51. The lowest BCUT2D eigenvalue weighted by atomic mass is 9.81. The fourth-order valence-electron chi connectivity index (χ4n) is 2.66. The van der Waals surface area contributed by atoms with Gasteiger partial charge in [-0.15, -0.1) is 0 Å². The van der Waals surface area contributed by atoms with Gasteiger partial charge in [-0.1, -0.05) is 12.8 Å². The average Bonchev–Trinajstić information content (AvgIpc) is 2.44. The van der Waals surface area contributed by atoms with E-state index in [9.17, 15) is 4.79 Å². The van der Waals surface area contributed by atoms with Gasteiger partial charge in [0, 0.05) is 5.92 Å². The lowest BCUT2D eigenvalue weighted by Gasteiger charge is -2.22. The third kappa shape index (κ3) is 1.04. The molecule has 2 rings (SSSR count). The summed E-state index contributed by atoms with van der Waals surface area (Å²) < 4.78 is 0. The molecular formula is C10H13NO. The number of nitrogens with zero attached hydrogens (tertiary/aromatic N) is 1. The molecule has 2 nitrogen and oxygen atoms in total. The standard InChI is InChI=1S/C10H13NO/c11-6-8-5-7-3-1-2-4-9(7)10(8)12/h7-9H,1-5H2/t7-,8?,9-/m0/s1. The van der Waals surface area contributed by atoms with Gasteiger partial charge < -0.3 is 0 Å². The summed E-state index contributed by atoms with van der Waals surface area (Å²) in [7, 11) is 0. The van der Waals surface area contributed by atoms with Gasteiger partial charge in [0.25, 0.3) is 0 Å². The van der Waals surface area contributed by atoms with Crippen molar-refractivity contribution in [3.05, 3.63) is 0 Å². The Kier molecular flexibility index (Phi) is 1.88. The molecule has 0 aromatic carbocycles. The Labute approximate surface area is 72.6 Å². The fraction of sp³-hybridized carbons (Fsp3) is 0.800. The van der Waals surface area contributed by atoms with E-state index in [1.54, 1.807) is 0 Å². The molecule has 0 aromatic rings. The fourth-order valence-corrected chi connectivity index (χ4v) is 2.66. The van der Waals surface area contributed by atoms with Crippen molar-refractivity contribution in [2.75, 3.05) is 0 Å². The molecule has 0 bridgehead atoms. The maximum Gasteiger partial charge on any atom is 0.153 e. The second-order valence-electron chi connectivity index (χ2n) is 3.97. The number of hydrogen-bond acceptors (Lipinski definition) is 2. The van der Waals surface area contributed by atoms with Crippen molar-refractivity contribution >= 4 is 5.78 Å². The molecule has 0 heterocycles. The van der Waals surface area contributed by atoms with Gasteiger partial charge in [-0.3, -0.25) is 4.79 Å². The summed E-state index contributed by atoms with van der Waals surface area (Å²) >= 11 is 0. The highest BCUT2D eigenvalue weighted by Crippen LogP contribution is 2.42. The molecule has 3 atom stereocenters. The molecule has 0 amide bonds. The first kappa shape index (κ1) is 7.79. The third-order valence-electron chi connectivity index (χ3n) is 3.31. The first-order chi connectivity index (χ1) is 5.83. The summed E-state index contributed by atoms with van der Waals surface area (Å²) in [5.41, 5.74) is 0. The highest BCUT2D eigenvalue weighted by atomic mass is 16.1. The molecule has 1 unspecified atom stereocenters. The molecule has 0 spiro atoms. The summed E-state index contributed by atoms with van der Waals surface area (Å²) in [4.78, 5) is 11.5. The number of Topliss-reactive ketones (excluding diaryl/α,β-unsaturated/α-hetero) is 1. The quantitative estimate of drug-likeness (QED) is 0.547. The molecular weight excluding hydrogens is 150 g/mol. The van der Waals surface area contributed by atoms with Gasteiger partial charge >= 0.3 is 0 Å². The number of carbonyl (C=O) groups excluding carboxylic acids is 1. The average molecular weight is 163 g/mol. The maximum absolute atomic E-state index is 11.5. The Hall–Kier alpha value is -0.840. The lowest BCUT2D eigenvalue weighted by molar-refractivity contribution is -0.123. The van der Waals surface area contributed by atoms with Crippen molar-refractivity contribution in [2.24, 2.45) is 17.8 Å². The second-order valence-corrected chi connectivity index (χ2v) is 3.97. The number of hydrogen-bond donors (Lipinski definition) is 0. The van der Waals surface area contributed by atoms with Gasteiger partial charge in [-0.25, -0.2) is 0 Å². The Balaban J connectivity index is 2.14. The molecule has 0 saturated heterocycles. The van der Waals surface area contributed by atoms with E-state index in [1.807, 2.05) is 0 Å². The van der Waals surface area contributed by atoms with Crippen molar-refractivity contribution in [1.82, 2.24) is 0 Å². The molecule has 64 valence electrons. The summed E-state index contributed by atoms with van der Waals surface area (Å²) in [6.45, 7) is 0. The van der Waals surface area contributed by atoms with E-state index >= 15 is 0 Å². The topological polar surface area (TPSA) is 40.9 Å². The molecule has 2 saturated carbocycles. The first-order valence-corrected chi connectivity index (χ1v) is 4.76. The zero-order chi connectivity index (χ0) is 8.55. The SMILES string of the molecule is N#CC1C[C@@H]2CCCC[C@@H]2C1=O. The van der Waals surface area contributed by atoms with Crippen LogP contribution in [0.3, 0.4) is 0 Å². The Bertz CT molecular complexity index is 241. The van der Waals surface area contributed by atoms with Crippen molar-refractivity contribution in [1.29, 1.82) is 5.26 Å². The van der Waals surface area contributed by atoms with Crippen LogP contribution in [-0.2, 0) is 4.79 Å². The summed E-state index contributed by atoms with van der Waals surface area (Å²) in [5, 5.41) is 8.71. The largest absolute Gasteiger partial charge is 0.298 e. The molecule has 0 N–H and O–H groups in total. The van der Waals surface area contributed by atoms with Crippen LogP contribution in [0.15, 0.2) is 0 Å². The number of carbonyl (C=O) groups is 1.